The first-order valence-corrected chi connectivity index (χ1v) is 11.3. The van der Waals surface area contributed by atoms with Gasteiger partial charge in [0.05, 0.1) is 10.7 Å². The van der Waals surface area contributed by atoms with Crippen LogP contribution in [-0.2, 0) is 16.0 Å². The van der Waals surface area contributed by atoms with Crippen molar-refractivity contribution >= 4 is 46.0 Å². The fraction of sp³-hybridized carbons (Fsp3) is 0.292. The van der Waals surface area contributed by atoms with E-state index in [9.17, 15) is 19.6 Å². The van der Waals surface area contributed by atoms with Crippen LogP contribution in [0.3, 0.4) is 0 Å². The number of rotatable bonds is 9. The van der Waals surface area contributed by atoms with Crippen molar-refractivity contribution in [1.29, 1.82) is 0 Å². The maximum absolute atomic E-state index is 13.1. The van der Waals surface area contributed by atoms with Crippen LogP contribution in [0.5, 0.6) is 0 Å². The number of anilines is 1. The molecule has 180 valence electrons. The van der Waals surface area contributed by atoms with Crippen molar-refractivity contribution in [3.05, 3.63) is 65.3 Å². The first-order valence-electron chi connectivity index (χ1n) is 10.9. The third-order valence-corrected chi connectivity index (χ3v) is 5.99. The minimum atomic E-state index is -1.06. The van der Waals surface area contributed by atoms with Crippen LogP contribution in [0.2, 0.25) is 5.02 Å². The van der Waals surface area contributed by atoms with E-state index in [-0.39, 0.29) is 12.3 Å². The Morgan fingerprint density at radius 3 is 2.41 bits per heavy atom. The largest absolute Gasteiger partial charge is 0.358 e. The van der Waals surface area contributed by atoms with Crippen LogP contribution in [-0.4, -0.2) is 40.1 Å². The van der Waals surface area contributed by atoms with E-state index in [2.05, 4.69) is 20.9 Å². The zero-order valence-electron chi connectivity index (χ0n) is 18.9. The number of halogens is 1. The molecule has 34 heavy (non-hydrogen) atoms. The van der Waals surface area contributed by atoms with Crippen molar-refractivity contribution in [3.8, 4) is 0 Å². The van der Waals surface area contributed by atoms with Gasteiger partial charge < -0.3 is 20.9 Å². The molecule has 0 radical (unpaired) electrons. The molecule has 3 atom stereocenters. The smallest absolute Gasteiger partial charge is 0.319 e. The lowest BCUT2D eigenvalue weighted by atomic mass is 9.97. The van der Waals surface area contributed by atoms with E-state index in [1.54, 1.807) is 29.7 Å². The Labute approximate surface area is 202 Å². The fourth-order valence-electron chi connectivity index (χ4n) is 3.58. The highest BCUT2D eigenvalue weighted by atomic mass is 35.5. The van der Waals surface area contributed by atoms with Crippen LogP contribution in [0.15, 0.2) is 54.6 Å². The average Bonchev–Trinajstić information content (AvgIpc) is 3.25. The van der Waals surface area contributed by atoms with Crippen molar-refractivity contribution in [3.63, 3.8) is 0 Å². The van der Waals surface area contributed by atoms with Gasteiger partial charge in [0, 0.05) is 17.6 Å². The molecule has 0 saturated carbocycles. The van der Waals surface area contributed by atoms with E-state index in [1.807, 2.05) is 44.2 Å². The second-order valence-electron chi connectivity index (χ2n) is 8.06. The van der Waals surface area contributed by atoms with Crippen molar-refractivity contribution in [2.45, 2.75) is 38.8 Å². The summed E-state index contributed by atoms with van der Waals surface area (Å²) in [4.78, 5) is 41.2. The Balaban J connectivity index is 1.73. The Morgan fingerprint density at radius 1 is 1.03 bits per heavy atom. The number of nitrogens with one attached hydrogen (secondary N) is 5. The highest BCUT2D eigenvalue weighted by molar-refractivity contribution is 6.33. The summed E-state index contributed by atoms with van der Waals surface area (Å²) >= 11 is 6.09. The van der Waals surface area contributed by atoms with Gasteiger partial charge in [-0.1, -0.05) is 62.2 Å². The van der Waals surface area contributed by atoms with Crippen LogP contribution >= 0.6 is 11.6 Å². The van der Waals surface area contributed by atoms with Crippen molar-refractivity contribution in [2.24, 2.45) is 5.92 Å². The molecule has 6 N–H and O–H groups in total. The quantitative estimate of drug-likeness (QED) is 0.204. The summed E-state index contributed by atoms with van der Waals surface area (Å²) in [7, 11) is 0. The number of hydroxylamine groups is 1. The van der Waals surface area contributed by atoms with E-state index in [0.29, 0.717) is 22.8 Å². The van der Waals surface area contributed by atoms with E-state index in [4.69, 9.17) is 11.6 Å². The SMILES string of the molecule is CC[C@H](C)[C@@H](NC(=O)Nc1ccccc1Cl)C(=O)N[C@H](Cc1cc2ccccc2[nH]1)C(=O)NO. The van der Waals surface area contributed by atoms with Gasteiger partial charge in [0.15, 0.2) is 0 Å². The number of amides is 4. The zero-order chi connectivity index (χ0) is 24.7. The van der Waals surface area contributed by atoms with Gasteiger partial charge >= 0.3 is 6.03 Å². The molecular weight excluding hydrogens is 458 g/mol. The topological polar surface area (TPSA) is 135 Å². The van der Waals surface area contributed by atoms with Gasteiger partial charge in [-0.25, -0.2) is 10.3 Å². The number of hydrogen-bond acceptors (Lipinski definition) is 4. The fourth-order valence-corrected chi connectivity index (χ4v) is 3.76. The number of carbonyl (C=O) groups is 3. The minimum absolute atomic E-state index is 0.117. The van der Waals surface area contributed by atoms with Gasteiger partial charge in [-0.05, 0) is 35.6 Å². The van der Waals surface area contributed by atoms with E-state index < -0.39 is 29.9 Å². The van der Waals surface area contributed by atoms with E-state index in [1.165, 1.54) is 0 Å². The summed E-state index contributed by atoms with van der Waals surface area (Å²) in [6.07, 6.45) is 0.717. The molecule has 9 nitrogen and oxygen atoms in total. The first kappa shape index (κ1) is 25.1. The number of hydrogen-bond donors (Lipinski definition) is 6. The molecule has 0 aliphatic heterocycles. The lowest BCUT2D eigenvalue weighted by Crippen LogP contribution is -2.56. The lowest BCUT2D eigenvalue weighted by Gasteiger charge is -2.26. The molecule has 0 spiro atoms. The molecule has 2 aromatic carbocycles. The zero-order valence-corrected chi connectivity index (χ0v) is 19.6. The Hall–Kier alpha value is -3.56. The second-order valence-corrected chi connectivity index (χ2v) is 8.47. The van der Waals surface area contributed by atoms with Gasteiger partial charge in [0.2, 0.25) is 5.91 Å². The number of carbonyl (C=O) groups excluding carboxylic acids is 3. The molecule has 0 fully saturated rings. The first-order chi connectivity index (χ1) is 16.3. The van der Waals surface area contributed by atoms with Gasteiger partial charge in [-0.15, -0.1) is 0 Å². The standard InChI is InChI=1S/C24H28ClN5O4/c1-3-14(2)21(29-24(33)28-19-11-7-5-9-17(19)25)23(32)27-20(22(31)30-34)13-16-12-15-8-4-6-10-18(15)26-16/h4-12,14,20-21,26,34H,3,13H2,1-2H3,(H,27,32)(H,30,31)(H2,28,29,33)/t14-,20+,21+/m0/s1. The summed E-state index contributed by atoms with van der Waals surface area (Å²) in [5.74, 6) is -1.55. The van der Waals surface area contributed by atoms with E-state index in [0.717, 1.165) is 10.9 Å². The Bertz CT molecular complexity index is 1130. The Morgan fingerprint density at radius 2 is 1.74 bits per heavy atom. The number of para-hydroxylation sites is 2. The van der Waals surface area contributed by atoms with Gasteiger partial charge in [0.1, 0.15) is 12.1 Å². The number of benzene rings is 2. The molecule has 3 rings (SSSR count). The third kappa shape index (κ3) is 6.27. The monoisotopic (exact) mass is 485 g/mol. The molecule has 4 amide bonds. The normalized spacial score (nSPS) is 13.5. The van der Waals surface area contributed by atoms with Crippen molar-refractivity contribution < 1.29 is 19.6 Å². The Kier molecular flexibility index (Phi) is 8.50. The summed E-state index contributed by atoms with van der Waals surface area (Å²) in [5.41, 5.74) is 3.61. The summed E-state index contributed by atoms with van der Waals surface area (Å²) < 4.78 is 0. The molecule has 1 aromatic heterocycles. The van der Waals surface area contributed by atoms with Crippen LogP contribution in [0.25, 0.3) is 10.9 Å². The maximum Gasteiger partial charge on any atom is 0.319 e. The number of urea groups is 1. The predicted molar refractivity (Wildman–Crippen MR) is 131 cm³/mol. The van der Waals surface area contributed by atoms with Crippen LogP contribution in [0.1, 0.15) is 26.0 Å². The highest BCUT2D eigenvalue weighted by Gasteiger charge is 2.30. The van der Waals surface area contributed by atoms with E-state index >= 15 is 0 Å². The van der Waals surface area contributed by atoms with Crippen LogP contribution < -0.4 is 21.4 Å². The number of aromatic amines is 1. The van der Waals surface area contributed by atoms with Crippen LogP contribution in [0.4, 0.5) is 10.5 Å². The molecule has 1 heterocycles. The van der Waals surface area contributed by atoms with Gasteiger partial charge in [-0.3, -0.25) is 14.8 Å². The predicted octanol–water partition coefficient (Wildman–Crippen LogP) is 3.59. The average molecular weight is 486 g/mol. The van der Waals surface area contributed by atoms with Gasteiger partial charge in [0.25, 0.3) is 5.91 Å². The highest BCUT2D eigenvalue weighted by Crippen LogP contribution is 2.20. The maximum atomic E-state index is 13.1. The number of aromatic nitrogens is 1. The third-order valence-electron chi connectivity index (χ3n) is 5.66. The molecular formula is C24H28ClN5O4. The molecule has 0 aliphatic rings. The summed E-state index contributed by atoms with van der Waals surface area (Å²) in [6.45, 7) is 3.71. The van der Waals surface area contributed by atoms with Gasteiger partial charge in [-0.2, -0.15) is 0 Å². The molecule has 0 saturated heterocycles. The van der Waals surface area contributed by atoms with Crippen molar-refractivity contribution in [1.82, 2.24) is 21.1 Å². The minimum Gasteiger partial charge on any atom is -0.358 e. The number of fused-ring (bicyclic) bond motifs is 1. The number of H-pyrrole nitrogens is 1. The summed E-state index contributed by atoms with van der Waals surface area (Å²) in [5, 5.41) is 18.5. The molecule has 3 aromatic rings. The molecule has 0 unspecified atom stereocenters. The second kappa shape index (κ2) is 11.5. The summed E-state index contributed by atoms with van der Waals surface area (Å²) in [6, 6.07) is 13.6. The lowest BCUT2D eigenvalue weighted by molar-refractivity contribution is -0.135. The molecule has 10 heteroatoms. The van der Waals surface area contributed by atoms with Crippen LogP contribution in [0, 0.1) is 5.92 Å². The molecule has 0 bridgehead atoms. The van der Waals surface area contributed by atoms with Crippen molar-refractivity contribution in [2.75, 3.05) is 5.32 Å². The molecule has 0 aliphatic carbocycles.